The largest absolute Gasteiger partial charge is 0.299 e. The number of hydrogen-bond donors (Lipinski definition) is 0. The lowest BCUT2D eigenvalue weighted by molar-refractivity contribution is -0.132. The lowest BCUT2D eigenvalue weighted by Crippen LogP contribution is -2.43. The van der Waals surface area contributed by atoms with E-state index in [9.17, 15) is 4.79 Å². The summed E-state index contributed by atoms with van der Waals surface area (Å²) in [4.78, 5) is 11.9. The van der Waals surface area contributed by atoms with Crippen molar-refractivity contribution < 1.29 is 4.79 Å². The molecule has 2 aliphatic carbocycles. The van der Waals surface area contributed by atoms with Gasteiger partial charge in [-0.3, -0.25) is 4.79 Å². The molecule has 0 aromatic heterocycles. The van der Waals surface area contributed by atoms with Crippen molar-refractivity contribution in [3.8, 4) is 0 Å². The maximum atomic E-state index is 11.9. The number of ketones is 1. The average molecular weight is 233 g/mol. The minimum atomic E-state index is -0.153. The van der Waals surface area contributed by atoms with Gasteiger partial charge < -0.3 is 0 Å². The van der Waals surface area contributed by atoms with E-state index in [1.54, 1.807) is 0 Å². The van der Waals surface area contributed by atoms with Gasteiger partial charge in [-0.05, 0) is 18.3 Å². The average Bonchev–Trinajstić information content (AvgIpc) is 2.17. The Kier molecular flexibility index (Phi) is 2.65. The van der Waals surface area contributed by atoms with Gasteiger partial charge in [0.2, 0.25) is 0 Å². The summed E-state index contributed by atoms with van der Waals surface area (Å²) < 4.78 is 0. The first-order chi connectivity index (χ1) is 6.52. The highest BCUT2D eigenvalue weighted by molar-refractivity contribution is 6.37. The second-order valence-electron chi connectivity index (χ2n) is 4.50. The number of allylic oxidation sites excluding steroid dienone is 2. The van der Waals surface area contributed by atoms with Gasteiger partial charge in [0.25, 0.3) is 0 Å². The van der Waals surface area contributed by atoms with Crippen LogP contribution >= 0.6 is 23.2 Å². The molecule has 0 heterocycles. The molecule has 1 nitrogen and oxygen atoms in total. The summed E-state index contributed by atoms with van der Waals surface area (Å²) >= 11 is 12.3. The molecule has 0 radical (unpaired) electrons. The third-order valence-corrected chi connectivity index (χ3v) is 4.77. The maximum absolute atomic E-state index is 11.9. The number of carbonyl (C=O) groups excluding carboxylic acids is 1. The summed E-state index contributed by atoms with van der Waals surface area (Å²) in [6.45, 7) is 3.97. The smallest absolute Gasteiger partial charge is 0.139 e. The SMILES string of the molecule is CC1C(=O)C(C)C2CC1C=C(Cl)C2Cl. The van der Waals surface area contributed by atoms with Crippen LogP contribution in [-0.2, 0) is 4.79 Å². The minimum Gasteiger partial charge on any atom is -0.299 e. The summed E-state index contributed by atoms with van der Waals surface area (Å²) in [6, 6.07) is 0. The van der Waals surface area contributed by atoms with Gasteiger partial charge in [-0.1, -0.05) is 31.5 Å². The summed E-state index contributed by atoms with van der Waals surface area (Å²) in [5.41, 5.74) is 0. The molecule has 0 saturated heterocycles. The summed E-state index contributed by atoms with van der Waals surface area (Å²) in [5.74, 6) is 1.07. The molecule has 2 bridgehead atoms. The van der Waals surface area contributed by atoms with Gasteiger partial charge in [0.15, 0.2) is 0 Å². The van der Waals surface area contributed by atoms with Crippen LogP contribution in [0.25, 0.3) is 0 Å². The Labute approximate surface area is 94.5 Å². The lowest BCUT2D eigenvalue weighted by Gasteiger charge is -2.42. The van der Waals surface area contributed by atoms with Crippen molar-refractivity contribution in [1.82, 2.24) is 0 Å². The first-order valence-corrected chi connectivity index (χ1v) is 5.88. The van der Waals surface area contributed by atoms with Crippen LogP contribution in [0.15, 0.2) is 11.1 Å². The molecule has 0 aromatic carbocycles. The highest BCUT2D eigenvalue weighted by Crippen LogP contribution is 2.46. The zero-order valence-electron chi connectivity index (χ0n) is 8.34. The Morgan fingerprint density at radius 3 is 2.64 bits per heavy atom. The Morgan fingerprint density at radius 2 is 2.00 bits per heavy atom. The standard InChI is InChI=1S/C11H14Cl2O/c1-5-7-3-8(6(2)11(5)14)10(13)9(12)4-7/h4-8,10H,3H2,1-2H3. The van der Waals surface area contributed by atoms with Crippen molar-refractivity contribution in [2.24, 2.45) is 23.7 Å². The van der Waals surface area contributed by atoms with Crippen LogP contribution in [0.4, 0.5) is 0 Å². The van der Waals surface area contributed by atoms with Crippen LogP contribution < -0.4 is 0 Å². The minimum absolute atomic E-state index is 0.0613. The van der Waals surface area contributed by atoms with Gasteiger partial charge in [-0.2, -0.15) is 0 Å². The second kappa shape index (κ2) is 3.53. The number of fused-ring (bicyclic) bond motifs is 2. The molecule has 78 valence electrons. The number of hydrogen-bond acceptors (Lipinski definition) is 1. The monoisotopic (exact) mass is 232 g/mol. The number of alkyl halides is 1. The van der Waals surface area contributed by atoms with Crippen LogP contribution in [0.1, 0.15) is 20.3 Å². The van der Waals surface area contributed by atoms with E-state index in [0.29, 0.717) is 11.7 Å². The first kappa shape index (κ1) is 10.5. The van der Waals surface area contributed by atoms with E-state index < -0.39 is 0 Å². The van der Waals surface area contributed by atoms with Crippen molar-refractivity contribution in [1.29, 1.82) is 0 Å². The maximum Gasteiger partial charge on any atom is 0.139 e. The van der Waals surface area contributed by atoms with Gasteiger partial charge in [-0.15, -0.1) is 11.6 Å². The fourth-order valence-electron chi connectivity index (χ4n) is 2.65. The molecule has 0 amide bonds. The molecule has 1 saturated carbocycles. The van der Waals surface area contributed by atoms with Gasteiger partial charge in [0, 0.05) is 16.9 Å². The fourth-order valence-corrected chi connectivity index (χ4v) is 3.36. The van der Waals surface area contributed by atoms with E-state index in [0.717, 1.165) is 11.5 Å². The second-order valence-corrected chi connectivity index (χ2v) is 5.40. The molecule has 2 rings (SSSR count). The third-order valence-electron chi connectivity index (χ3n) is 3.74. The van der Waals surface area contributed by atoms with E-state index in [2.05, 4.69) is 0 Å². The Bertz CT molecular complexity index is 298. The zero-order valence-corrected chi connectivity index (χ0v) is 9.85. The van der Waals surface area contributed by atoms with Crippen LogP contribution in [0.3, 0.4) is 0 Å². The number of Topliss-reactive ketones (excluding diaryl/α,β-unsaturated/α-hetero) is 1. The van der Waals surface area contributed by atoms with Crippen molar-refractivity contribution >= 4 is 29.0 Å². The summed E-state index contributed by atoms with van der Waals surface area (Å²) in [7, 11) is 0. The van der Waals surface area contributed by atoms with Crippen LogP contribution in [0.2, 0.25) is 0 Å². The molecule has 5 atom stereocenters. The van der Waals surface area contributed by atoms with Crippen LogP contribution in [-0.4, -0.2) is 11.2 Å². The third kappa shape index (κ3) is 1.42. The van der Waals surface area contributed by atoms with Crippen LogP contribution in [0, 0.1) is 23.7 Å². The fraction of sp³-hybridized carbons (Fsp3) is 0.727. The van der Waals surface area contributed by atoms with Crippen molar-refractivity contribution in [2.75, 3.05) is 0 Å². The van der Waals surface area contributed by atoms with Crippen molar-refractivity contribution in [3.63, 3.8) is 0 Å². The molecule has 3 heteroatoms. The van der Waals surface area contributed by atoms with E-state index >= 15 is 0 Å². The number of rotatable bonds is 0. The quantitative estimate of drug-likeness (QED) is 0.587. The van der Waals surface area contributed by atoms with E-state index in [1.165, 1.54) is 0 Å². The summed E-state index contributed by atoms with van der Waals surface area (Å²) in [5, 5.41) is 0.582. The normalized spacial score (nSPS) is 47.6. The molecular formula is C11H14Cl2O. The first-order valence-electron chi connectivity index (χ1n) is 5.07. The number of halogens is 2. The van der Waals surface area contributed by atoms with Crippen molar-refractivity contribution in [2.45, 2.75) is 25.6 Å². The molecule has 14 heavy (non-hydrogen) atoms. The molecule has 0 N–H and O–H groups in total. The molecule has 5 unspecified atom stereocenters. The van der Waals surface area contributed by atoms with E-state index in [-0.39, 0.29) is 23.1 Å². The number of carbonyl (C=O) groups is 1. The zero-order chi connectivity index (χ0) is 10.5. The lowest BCUT2D eigenvalue weighted by atomic mass is 9.65. The highest BCUT2D eigenvalue weighted by atomic mass is 35.5. The molecule has 0 aliphatic heterocycles. The summed E-state index contributed by atoms with van der Waals surface area (Å²) in [6.07, 6.45) is 2.99. The predicted octanol–water partition coefficient (Wildman–Crippen LogP) is 3.21. The van der Waals surface area contributed by atoms with E-state index in [4.69, 9.17) is 23.2 Å². The predicted molar refractivity (Wildman–Crippen MR) is 58.5 cm³/mol. The van der Waals surface area contributed by atoms with Gasteiger partial charge in [0.1, 0.15) is 5.78 Å². The highest BCUT2D eigenvalue weighted by Gasteiger charge is 2.44. The molecule has 0 spiro atoms. The topological polar surface area (TPSA) is 17.1 Å². The van der Waals surface area contributed by atoms with Gasteiger partial charge in [0.05, 0.1) is 5.38 Å². The van der Waals surface area contributed by atoms with Gasteiger partial charge >= 0.3 is 0 Å². The molecule has 2 aliphatic rings. The molecular weight excluding hydrogens is 219 g/mol. The Hall–Kier alpha value is -0.0100. The van der Waals surface area contributed by atoms with Gasteiger partial charge in [-0.25, -0.2) is 0 Å². The molecule has 1 fully saturated rings. The molecule has 0 aromatic rings. The van der Waals surface area contributed by atoms with Crippen LogP contribution in [0.5, 0.6) is 0 Å². The Balaban J connectivity index is 2.37. The Morgan fingerprint density at radius 1 is 1.36 bits per heavy atom. The van der Waals surface area contributed by atoms with E-state index in [1.807, 2.05) is 19.9 Å². The van der Waals surface area contributed by atoms with Crippen molar-refractivity contribution in [3.05, 3.63) is 11.1 Å².